The number of alkyl carbamates (subject to hydrolysis) is 1. The van der Waals surface area contributed by atoms with Crippen LogP contribution < -0.4 is 5.32 Å². The van der Waals surface area contributed by atoms with Crippen LogP contribution in [0.15, 0.2) is 83.6 Å². The molecule has 2 saturated heterocycles. The van der Waals surface area contributed by atoms with Crippen molar-refractivity contribution in [2.24, 2.45) is 5.92 Å². The van der Waals surface area contributed by atoms with Gasteiger partial charge >= 0.3 is 12.1 Å². The lowest BCUT2D eigenvalue weighted by Gasteiger charge is -2.49. The van der Waals surface area contributed by atoms with Crippen molar-refractivity contribution in [3.8, 4) is 0 Å². The Hall–Kier alpha value is -4.25. The molecule has 3 heterocycles. The third kappa shape index (κ3) is 7.03. The van der Waals surface area contributed by atoms with E-state index in [-0.39, 0.29) is 28.8 Å². The first-order valence-electron chi connectivity index (χ1n) is 15.1. The summed E-state index contributed by atoms with van der Waals surface area (Å²) in [5.74, 6) is -1.38. The molecule has 3 amide bonds. The summed E-state index contributed by atoms with van der Waals surface area (Å²) in [6, 6.07) is 17.3. The second-order valence-corrected chi connectivity index (χ2v) is 14.3. The zero-order valence-electron chi connectivity index (χ0n) is 26.1. The predicted octanol–water partition coefficient (Wildman–Crippen LogP) is 4.21. The number of hydrogen-bond donors (Lipinski definition) is 1. The Morgan fingerprint density at radius 3 is 2.18 bits per heavy atom. The molecule has 3 atom stereocenters. The van der Waals surface area contributed by atoms with E-state index < -0.39 is 51.9 Å². The van der Waals surface area contributed by atoms with Gasteiger partial charge in [-0.2, -0.15) is 0 Å². The number of ether oxygens (including phenoxy) is 2. The summed E-state index contributed by atoms with van der Waals surface area (Å²) in [5.41, 5.74) is 1.33. The van der Waals surface area contributed by atoms with Gasteiger partial charge in [0, 0.05) is 18.7 Å². The number of rotatable bonds is 8. The summed E-state index contributed by atoms with van der Waals surface area (Å²) in [6.45, 7) is 10.3. The number of carbonyl (C=O) groups is 4. The van der Waals surface area contributed by atoms with Crippen LogP contribution in [-0.2, 0) is 34.7 Å². The van der Waals surface area contributed by atoms with Gasteiger partial charge in [0.25, 0.3) is 5.91 Å². The topological polar surface area (TPSA) is 122 Å². The van der Waals surface area contributed by atoms with Crippen LogP contribution in [0.25, 0.3) is 0 Å². The molecule has 3 aliphatic rings. The molecule has 2 fully saturated rings. The summed E-state index contributed by atoms with van der Waals surface area (Å²) in [5, 5.41) is 1.53. The Kier molecular flexibility index (Phi) is 9.29. The van der Waals surface area contributed by atoms with Crippen molar-refractivity contribution in [1.82, 2.24) is 15.1 Å². The van der Waals surface area contributed by atoms with Gasteiger partial charge in [0.05, 0.1) is 16.6 Å². The third-order valence-electron chi connectivity index (χ3n) is 7.60. The first kappa shape index (κ1) is 32.2. The molecule has 45 heavy (non-hydrogen) atoms. The maximum absolute atomic E-state index is 14.2. The number of allylic oxidation sites excluding steroid dienone is 1. The van der Waals surface area contributed by atoms with Crippen LogP contribution in [0.5, 0.6) is 0 Å². The molecular weight excluding hydrogens is 594 g/mol. The Morgan fingerprint density at radius 2 is 1.62 bits per heavy atom. The minimum Gasteiger partial charge on any atom is -0.448 e. The predicted molar refractivity (Wildman–Crippen MR) is 169 cm³/mol. The van der Waals surface area contributed by atoms with Crippen LogP contribution in [0.2, 0.25) is 0 Å². The van der Waals surface area contributed by atoms with E-state index in [1.807, 2.05) is 74.5 Å². The first-order chi connectivity index (χ1) is 21.3. The van der Waals surface area contributed by atoms with Crippen molar-refractivity contribution in [3.05, 3.63) is 94.7 Å². The number of nitrogens with one attached hydrogen (secondary N) is 1. The second-order valence-electron chi connectivity index (χ2n) is 12.8. The number of nitrogens with zero attached hydrogens (tertiary/aromatic N) is 2. The van der Waals surface area contributed by atoms with E-state index in [9.17, 15) is 23.4 Å². The van der Waals surface area contributed by atoms with Crippen LogP contribution in [0.1, 0.15) is 58.3 Å². The fourth-order valence-corrected chi connectivity index (χ4v) is 7.34. The molecule has 0 radical (unpaired) electrons. The van der Waals surface area contributed by atoms with Crippen molar-refractivity contribution in [1.29, 1.82) is 0 Å². The lowest BCUT2D eigenvalue weighted by molar-refractivity contribution is -0.153. The van der Waals surface area contributed by atoms with E-state index in [0.29, 0.717) is 25.1 Å². The number of amides is 3. The van der Waals surface area contributed by atoms with Crippen molar-refractivity contribution in [2.45, 2.75) is 64.2 Å². The summed E-state index contributed by atoms with van der Waals surface area (Å²) in [6.07, 6.45) is 0.429. The van der Waals surface area contributed by atoms with E-state index in [1.165, 1.54) is 0 Å². The smallest absolute Gasteiger partial charge is 0.408 e. The molecule has 0 bridgehead atoms. The molecule has 11 heteroatoms. The number of benzene rings is 2. The first-order valence-corrected chi connectivity index (χ1v) is 16.5. The number of fused-ring (bicyclic) bond motifs is 1. The summed E-state index contributed by atoms with van der Waals surface area (Å²) in [7, 11) is -1.70. The number of hydrogen-bond acceptors (Lipinski definition) is 7. The number of β-lactam (4-membered cyclic amide) rings is 1. The molecular formula is C34H39N3O7S. The highest BCUT2D eigenvalue weighted by atomic mass is 32.2. The zero-order chi connectivity index (χ0) is 32.5. The molecule has 1 N–H and O–H groups in total. The van der Waals surface area contributed by atoms with Crippen LogP contribution in [0.3, 0.4) is 0 Å². The van der Waals surface area contributed by atoms with Crippen molar-refractivity contribution in [3.63, 3.8) is 0 Å². The van der Waals surface area contributed by atoms with Gasteiger partial charge in [-0.05, 0) is 55.9 Å². The Bertz CT molecular complexity index is 1520. The number of carbonyl (C=O) groups excluding carboxylic acids is 4. The van der Waals surface area contributed by atoms with Crippen LogP contribution in [0, 0.1) is 5.92 Å². The highest BCUT2D eigenvalue weighted by Gasteiger charge is 2.57. The van der Waals surface area contributed by atoms with Gasteiger partial charge in [-0.3, -0.25) is 18.7 Å². The molecule has 238 valence electrons. The summed E-state index contributed by atoms with van der Waals surface area (Å²) in [4.78, 5) is 56.4. The monoisotopic (exact) mass is 633 g/mol. The minimum atomic E-state index is -1.70. The van der Waals surface area contributed by atoms with Gasteiger partial charge in [0.1, 0.15) is 22.7 Å². The van der Waals surface area contributed by atoms with E-state index in [4.69, 9.17) is 9.47 Å². The van der Waals surface area contributed by atoms with Crippen molar-refractivity contribution < 1.29 is 32.9 Å². The largest absolute Gasteiger partial charge is 0.448 e. The van der Waals surface area contributed by atoms with Crippen molar-refractivity contribution >= 4 is 34.7 Å². The lowest BCUT2D eigenvalue weighted by Crippen LogP contribution is -2.73. The average molecular weight is 634 g/mol. The fourth-order valence-electron chi connectivity index (χ4n) is 5.71. The maximum Gasteiger partial charge on any atom is 0.408 e. The molecule has 0 aromatic heterocycles. The van der Waals surface area contributed by atoms with Gasteiger partial charge in [-0.15, -0.1) is 0 Å². The Labute approximate surface area is 265 Å². The lowest BCUT2D eigenvalue weighted by atomic mass is 10.00. The van der Waals surface area contributed by atoms with Crippen LogP contribution in [0.4, 0.5) is 4.79 Å². The molecule has 0 saturated carbocycles. The molecule has 0 unspecified atom stereocenters. The molecule has 3 aliphatic heterocycles. The third-order valence-corrected chi connectivity index (χ3v) is 9.21. The summed E-state index contributed by atoms with van der Waals surface area (Å²) < 4.78 is 25.1. The van der Waals surface area contributed by atoms with Crippen LogP contribution >= 0.6 is 0 Å². The molecule has 0 spiro atoms. The zero-order valence-corrected chi connectivity index (χ0v) is 27.0. The van der Waals surface area contributed by atoms with E-state index in [0.717, 1.165) is 16.0 Å². The van der Waals surface area contributed by atoms with Gasteiger partial charge in [-0.25, -0.2) is 9.59 Å². The van der Waals surface area contributed by atoms with E-state index >= 15 is 0 Å². The molecule has 0 aliphatic carbocycles. The molecule has 2 aromatic rings. The second kappa shape index (κ2) is 13.0. The maximum atomic E-state index is 14.2. The number of likely N-dealkylation sites (tertiary alicyclic amines) is 1. The van der Waals surface area contributed by atoms with Crippen LogP contribution in [-0.4, -0.2) is 73.7 Å². The van der Waals surface area contributed by atoms with Gasteiger partial charge in [0.2, 0.25) is 5.91 Å². The van der Waals surface area contributed by atoms with Gasteiger partial charge in [0.15, 0.2) is 6.10 Å². The fraction of sp³-hybridized carbons (Fsp3) is 0.412. The summed E-state index contributed by atoms with van der Waals surface area (Å²) >= 11 is 0. The molecule has 5 rings (SSSR count). The Balaban J connectivity index is 1.52. The highest BCUT2D eigenvalue weighted by molar-refractivity contribution is 7.86. The van der Waals surface area contributed by atoms with E-state index in [2.05, 4.69) is 5.32 Å². The van der Waals surface area contributed by atoms with Crippen molar-refractivity contribution in [2.75, 3.05) is 18.8 Å². The average Bonchev–Trinajstić information content (AvgIpc) is 3.31. The normalized spacial score (nSPS) is 22.6. The molecule has 10 nitrogen and oxygen atoms in total. The SMILES string of the molecule is CC(C)CN1CCC(=CC2=C(C(=O)OC(c3ccccc3)c3ccccc3)N3C(=O)[C@@H](NC(=O)OC(C)(C)C)[C@H]3[S@@](=O)C2)C1=O. The quantitative estimate of drug-likeness (QED) is 0.263. The minimum absolute atomic E-state index is 0.0775. The van der Waals surface area contributed by atoms with E-state index in [1.54, 1.807) is 31.7 Å². The van der Waals surface area contributed by atoms with Gasteiger partial charge < -0.3 is 19.7 Å². The standard InChI is InChI=1S/C34H39N3O7S/c1-21(2)19-36-17-16-24(29(36)38)18-25-20-45(42)31-26(35-33(41)44-34(3,4)5)30(39)37(31)27(25)32(40)43-28(22-12-8-6-9-13-22)23-14-10-7-11-15-23/h6-15,18,21,26,28,31H,16-17,19-20H2,1-5H3,(H,35,41)/t26-,31-,45+/m1/s1. The van der Waals surface area contributed by atoms with Gasteiger partial charge in [-0.1, -0.05) is 74.5 Å². The highest BCUT2D eigenvalue weighted by Crippen LogP contribution is 2.38. The Morgan fingerprint density at radius 1 is 1.02 bits per heavy atom. The molecule has 2 aromatic carbocycles. The number of esters is 1.